The Morgan fingerprint density at radius 1 is 1.26 bits per heavy atom. The number of nitrogens with zero attached hydrogens (tertiary/aromatic N) is 1. The van der Waals surface area contributed by atoms with Crippen LogP contribution in [-0.2, 0) is 16.5 Å². The van der Waals surface area contributed by atoms with Crippen molar-refractivity contribution in [2.75, 3.05) is 6.26 Å². The molecule has 0 spiro atoms. The van der Waals surface area contributed by atoms with Gasteiger partial charge in [-0.2, -0.15) is 8.42 Å². The smallest absolute Gasteiger partial charge is 0.307 e. The number of benzene rings is 1. The molecule has 0 aliphatic carbocycles. The topological polar surface area (TPSA) is 56.3 Å². The van der Waals surface area contributed by atoms with E-state index in [2.05, 4.69) is 4.98 Å². The van der Waals surface area contributed by atoms with Gasteiger partial charge in [0.25, 0.3) is 0 Å². The summed E-state index contributed by atoms with van der Waals surface area (Å²) < 4.78 is 27.4. The van der Waals surface area contributed by atoms with E-state index in [4.69, 9.17) is 4.18 Å². The van der Waals surface area contributed by atoms with E-state index in [0.29, 0.717) is 0 Å². The van der Waals surface area contributed by atoms with E-state index < -0.39 is 10.1 Å². The molecule has 2 aromatic rings. The zero-order chi connectivity index (χ0) is 13.9. The quantitative estimate of drug-likeness (QED) is 0.796. The van der Waals surface area contributed by atoms with Gasteiger partial charge in [-0.05, 0) is 6.42 Å². The van der Waals surface area contributed by atoms with E-state index in [-0.39, 0.29) is 5.88 Å². The van der Waals surface area contributed by atoms with Crippen molar-refractivity contribution in [2.45, 2.75) is 19.8 Å². The maximum absolute atomic E-state index is 11.2. The normalized spacial score (nSPS) is 11.5. The van der Waals surface area contributed by atoms with Gasteiger partial charge in [0, 0.05) is 5.56 Å². The van der Waals surface area contributed by atoms with Gasteiger partial charge in [0.15, 0.2) is 0 Å². The van der Waals surface area contributed by atoms with Crippen LogP contribution >= 0.6 is 11.3 Å². The van der Waals surface area contributed by atoms with Gasteiger partial charge in [0.2, 0.25) is 5.88 Å². The molecule has 0 bridgehead atoms. The van der Waals surface area contributed by atoms with E-state index in [1.54, 1.807) is 0 Å². The summed E-state index contributed by atoms with van der Waals surface area (Å²) in [5, 5.41) is 0.780. The molecule has 0 saturated carbocycles. The molecule has 0 fully saturated rings. The second-order valence-electron chi connectivity index (χ2n) is 4.15. The number of aryl methyl sites for hydroxylation is 1. The van der Waals surface area contributed by atoms with E-state index in [1.165, 1.54) is 11.3 Å². The zero-order valence-electron chi connectivity index (χ0n) is 10.8. The Hall–Kier alpha value is -1.40. The molecule has 1 heterocycles. The first-order chi connectivity index (χ1) is 8.99. The van der Waals surface area contributed by atoms with Gasteiger partial charge in [-0.15, -0.1) is 11.3 Å². The maximum atomic E-state index is 11.2. The average molecular weight is 297 g/mol. The summed E-state index contributed by atoms with van der Waals surface area (Å²) in [6.45, 7) is 2.03. The molecule has 19 heavy (non-hydrogen) atoms. The van der Waals surface area contributed by atoms with E-state index in [9.17, 15) is 8.42 Å². The highest BCUT2D eigenvalue weighted by Crippen LogP contribution is 2.33. The third-order valence-corrected chi connectivity index (χ3v) is 4.00. The molecule has 1 aromatic heterocycles. The molecule has 0 atom stereocenters. The van der Waals surface area contributed by atoms with Crippen LogP contribution in [0.4, 0.5) is 0 Å². The highest BCUT2D eigenvalue weighted by atomic mass is 32.2. The molecule has 0 saturated heterocycles. The first kappa shape index (κ1) is 14.0. The standard InChI is InChI=1S/C13H15NO3S2/c1-3-7-11-12(17-19(2,15)16)14-13(18-11)10-8-5-4-6-9-10/h4-6,8-9H,3,7H2,1-2H3. The SMILES string of the molecule is CCCc1sc(-c2ccccc2)nc1OS(C)(=O)=O. The van der Waals surface area contributed by atoms with Crippen molar-refractivity contribution in [3.63, 3.8) is 0 Å². The fourth-order valence-electron chi connectivity index (χ4n) is 1.64. The van der Waals surface area contributed by atoms with Crippen molar-refractivity contribution < 1.29 is 12.6 Å². The van der Waals surface area contributed by atoms with E-state index in [0.717, 1.165) is 34.5 Å². The Morgan fingerprint density at radius 2 is 1.95 bits per heavy atom. The van der Waals surface area contributed by atoms with Crippen molar-refractivity contribution in [3.8, 4) is 16.5 Å². The zero-order valence-corrected chi connectivity index (χ0v) is 12.4. The molecule has 0 amide bonds. The van der Waals surface area contributed by atoms with Crippen molar-refractivity contribution in [1.29, 1.82) is 0 Å². The van der Waals surface area contributed by atoms with Gasteiger partial charge >= 0.3 is 10.1 Å². The lowest BCUT2D eigenvalue weighted by Crippen LogP contribution is -2.07. The van der Waals surface area contributed by atoms with Crippen LogP contribution in [0.25, 0.3) is 10.6 Å². The lowest BCUT2D eigenvalue weighted by molar-refractivity contribution is 0.481. The highest BCUT2D eigenvalue weighted by molar-refractivity contribution is 7.86. The highest BCUT2D eigenvalue weighted by Gasteiger charge is 2.16. The minimum Gasteiger partial charge on any atom is -0.361 e. The summed E-state index contributed by atoms with van der Waals surface area (Å²) in [6, 6.07) is 9.66. The summed E-state index contributed by atoms with van der Waals surface area (Å²) in [5.74, 6) is 0.216. The number of hydrogen-bond donors (Lipinski definition) is 0. The summed E-state index contributed by atoms with van der Waals surface area (Å²) in [7, 11) is -3.54. The van der Waals surface area contributed by atoms with Crippen LogP contribution in [0.5, 0.6) is 5.88 Å². The molecular weight excluding hydrogens is 282 g/mol. The molecule has 0 unspecified atom stereocenters. The second kappa shape index (κ2) is 5.71. The van der Waals surface area contributed by atoms with Crippen LogP contribution in [0.3, 0.4) is 0 Å². The van der Waals surface area contributed by atoms with E-state index in [1.807, 2.05) is 37.3 Å². The first-order valence-corrected chi connectivity index (χ1v) is 8.57. The third-order valence-electron chi connectivity index (χ3n) is 2.39. The van der Waals surface area contributed by atoms with Gasteiger partial charge in [0.1, 0.15) is 5.01 Å². The molecule has 2 rings (SSSR count). The molecule has 0 aliphatic rings. The Kier molecular flexibility index (Phi) is 4.21. The number of rotatable bonds is 5. The molecule has 0 N–H and O–H groups in total. The lowest BCUT2D eigenvalue weighted by atomic mass is 10.2. The van der Waals surface area contributed by atoms with Crippen LogP contribution in [0.1, 0.15) is 18.2 Å². The summed E-state index contributed by atoms with van der Waals surface area (Å²) in [4.78, 5) is 5.17. The van der Waals surface area contributed by atoms with E-state index >= 15 is 0 Å². The predicted molar refractivity (Wildman–Crippen MR) is 77.0 cm³/mol. The Labute approximate surface area is 117 Å². The Morgan fingerprint density at radius 3 is 2.53 bits per heavy atom. The fourth-order valence-corrected chi connectivity index (χ4v) is 3.21. The largest absolute Gasteiger partial charge is 0.361 e. The predicted octanol–water partition coefficient (Wildman–Crippen LogP) is 3.10. The molecular formula is C13H15NO3S2. The number of thiazole rings is 1. The summed E-state index contributed by atoms with van der Waals surface area (Å²) >= 11 is 1.48. The maximum Gasteiger partial charge on any atom is 0.307 e. The molecule has 4 nitrogen and oxygen atoms in total. The van der Waals surface area contributed by atoms with Gasteiger partial charge < -0.3 is 4.18 Å². The van der Waals surface area contributed by atoms with Crippen LogP contribution < -0.4 is 4.18 Å². The van der Waals surface area contributed by atoms with Gasteiger partial charge in [-0.3, -0.25) is 0 Å². The third kappa shape index (κ3) is 3.78. The van der Waals surface area contributed by atoms with Crippen LogP contribution in [0.15, 0.2) is 30.3 Å². The Bertz CT molecular complexity index is 648. The molecule has 1 aromatic carbocycles. The average Bonchev–Trinajstić information content (AvgIpc) is 2.72. The molecule has 0 radical (unpaired) electrons. The Balaban J connectivity index is 2.40. The van der Waals surface area contributed by atoms with Crippen molar-refractivity contribution >= 4 is 21.5 Å². The number of aromatic nitrogens is 1. The monoisotopic (exact) mass is 297 g/mol. The van der Waals surface area contributed by atoms with Crippen LogP contribution in [0, 0.1) is 0 Å². The minimum absolute atomic E-state index is 0.216. The minimum atomic E-state index is -3.54. The molecule has 6 heteroatoms. The van der Waals surface area contributed by atoms with Crippen LogP contribution in [0.2, 0.25) is 0 Å². The van der Waals surface area contributed by atoms with Gasteiger partial charge in [-0.1, -0.05) is 43.7 Å². The van der Waals surface area contributed by atoms with Gasteiger partial charge in [0.05, 0.1) is 11.1 Å². The molecule has 102 valence electrons. The van der Waals surface area contributed by atoms with Crippen molar-refractivity contribution in [3.05, 3.63) is 35.2 Å². The molecule has 0 aliphatic heterocycles. The van der Waals surface area contributed by atoms with Gasteiger partial charge in [-0.25, -0.2) is 4.98 Å². The summed E-state index contributed by atoms with van der Waals surface area (Å²) in [6.07, 6.45) is 2.70. The van der Waals surface area contributed by atoms with Crippen LogP contribution in [-0.4, -0.2) is 19.7 Å². The summed E-state index contributed by atoms with van der Waals surface area (Å²) in [5.41, 5.74) is 0.966. The lowest BCUT2D eigenvalue weighted by Gasteiger charge is -2.00. The number of hydrogen-bond acceptors (Lipinski definition) is 5. The fraction of sp³-hybridized carbons (Fsp3) is 0.308. The second-order valence-corrected chi connectivity index (χ2v) is 6.81. The van der Waals surface area contributed by atoms with Crippen molar-refractivity contribution in [1.82, 2.24) is 4.98 Å². The van der Waals surface area contributed by atoms with Crippen molar-refractivity contribution in [2.24, 2.45) is 0 Å². The first-order valence-electron chi connectivity index (χ1n) is 5.94.